The maximum absolute atomic E-state index is 10.7. The highest BCUT2D eigenvalue weighted by Crippen LogP contribution is 2.18. The number of alkyl halides is 1. The van der Waals surface area contributed by atoms with Crippen molar-refractivity contribution in [1.82, 2.24) is 4.90 Å². The molecule has 1 rings (SSSR count). The largest absolute Gasteiger partial charge is 0.379 e. The van der Waals surface area contributed by atoms with Gasteiger partial charge in [0.15, 0.2) is 9.84 Å². The van der Waals surface area contributed by atoms with Gasteiger partial charge in [0.05, 0.1) is 29.6 Å². The van der Waals surface area contributed by atoms with Gasteiger partial charge in [0, 0.05) is 47.0 Å². The van der Waals surface area contributed by atoms with E-state index in [-0.39, 0.29) is 15.9 Å². The molecule has 0 saturated carbocycles. The Bertz CT molecular complexity index is 931. The van der Waals surface area contributed by atoms with Gasteiger partial charge >= 0.3 is 0 Å². The van der Waals surface area contributed by atoms with E-state index in [0.717, 1.165) is 32.2 Å². The maximum Gasteiger partial charge on any atom is 0.152 e. The van der Waals surface area contributed by atoms with Crippen molar-refractivity contribution in [2.45, 2.75) is 233 Å². The zero-order chi connectivity index (χ0) is 48.0. The van der Waals surface area contributed by atoms with Crippen LogP contribution in [0, 0.1) is 33.5 Å². The lowest BCUT2D eigenvalue weighted by atomic mass is 9.94. The van der Waals surface area contributed by atoms with Crippen LogP contribution in [-0.4, -0.2) is 84.8 Å². The molecule has 0 radical (unpaired) electrons. The first-order valence-corrected chi connectivity index (χ1v) is 24.1. The summed E-state index contributed by atoms with van der Waals surface area (Å²) in [6, 6.07) is 2.10. The summed E-state index contributed by atoms with van der Waals surface area (Å²) in [4.78, 5) is 2.43. The Morgan fingerprint density at radius 1 is 0.732 bits per heavy atom. The quantitative estimate of drug-likeness (QED) is 0.224. The zero-order valence-corrected chi connectivity index (χ0v) is 46.7. The number of hydrogen-bond donors (Lipinski definition) is 0. The number of ether oxygens (including phenoxy) is 2. The van der Waals surface area contributed by atoms with E-state index in [1.807, 2.05) is 74.1 Å². The molecule has 9 heteroatoms. The van der Waals surface area contributed by atoms with Gasteiger partial charge in [-0.3, -0.25) is 4.90 Å². The molecule has 0 aromatic carbocycles. The van der Waals surface area contributed by atoms with E-state index >= 15 is 0 Å². The fourth-order valence-electron chi connectivity index (χ4n) is 1.23. The first-order valence-electron chi connectivity index (χ1n) is 20.6. The molecule has 1 fully saturated rings. The molecule has 0 aromatic heterocycles. The van der Waals surface area contributed by atoms with Crippen LogP contribution in [0.3, 0.4) is 0 Å². The molecule has 1 aliphatic rings. The van der Waals surface area contributed by atoms with E-state index in [1.165, 1.54) is 12.7 Å². The van der Waals surface area contributed by atoms with Crippen molar-refractivity contribution in [2.75, 3.05) is 45.9 Å². The van der Waals surface area contributed by atoms with Crippen LogP contribution in [0.2, 0.25) is 0 Å². The topological polar surface area (TPSA) is 79.6 Å². The van der Waals surface area contributed by atoms with Crippen LogP contribution < -0.4 is 0 Å². The number of rotatable bonds is 0. The van der Waals surface area contributed by atoms with Crippen LogP contribution in [0.5, 0.6) is 0 Å². The van der Waals surface area contributed by atoms with Gasteiger partial charge in [0.25, 0.3) is 0 Å². The van der Waals surface area contributed by atoms with Crippen LogP contribution in [0.25, 0.3) is 0 Å². The van der Waals surface area contributed by atoms with Crippen LogP contribution in [0.1, 0.15) is 207 Å². The van der Waals surface area contributed by atoms with Crippen molar-refractivity contribution in [3.05, 3.63) is 0 Å². The van der Waals surface area contributed by atoms with Crippen molar-refractivity contribution in [1.29, 1.82) is 5.26 Å². The summed E-state index contributed by atoms with van der Waals surface area (Å²) in [6.07, 6.45) is 4.64. The minimum Gasteiger partial charge on any atom is -0.379 e. The Morgan fingerprint density at radius 2 is 0.911 bits per heavy atom. The number of nitriles is 1. The summed E-state index contributed by atoms with van der Waals surface area (Å²) >= 11 is 7.41. The molecule has 0 amide bonds. The second-order valence-electron chi connectivity index (χ2n) is 23.4. The van der Waals surface area contributed by atoms with Gasteiger partial charge in [-0.25, -0.2) is 8.42 Å². The molecule has 0 bridgehead atoms. The van der Waals surface area contributed by atoms with E-state index in [2.05, 4.69) is 135 Å². The zero-order valence-electron chi connectivity index (χ0n) is 44.3. The van der Waals surface area contributed by atoms with Crippen molar-refractivity contribution < 1.29 is 17.9 Å². The Hall–Kier alpha value is -0.0400. The molecule has 56 heavy (non-hydrogen) atoms. The third kappa shape index (κ3) is 124. The lowest BCUT2D eigenvalue weighted by Crippen LogP contribution is -2.47. The van der Waals surface area contributed by atoms with Crippen LogP contribution >= 0.6 is 23.4 Å². The Balaban J connectivity index is -0.0000000782. The smallest absolute Gasteiger partial charge is 0.152 e. The number of sulfone groups is 1. The maximum atomic E-state index is 10.7. The average molecular weight is 864 g/mol. The SMILES string of the molecule is CC(C)(C)C.CC(C)(C)C#N.CC(C)(C)Cl.CC(C)(C)N1CCOCC1.CC(C)(C)S(C)(=O)=O.CC(C)C.CCC(C)(C)C.COC(C)(C)C.CSC(C)(C)C. The van der Waals surface area contributed by atoms with Gasteiger partial charge in [0.2, 0.25) is 0 Å². The van der Waals surface area contributed by atoms with Crippen molar-refractivity contribution in [3.8, 4) is 6.07 Å². The van der Waals surface area contributed by atoms with Crippen LogP contribution in [-0.2, 0) is 19.3 Å². The van der Waals surface area contributed by atoms with E-state index in [1.54, 1.807) is 27.9 Å². The van der Waals surface area contributed by atoms with E-state index in [0.29, 0.717) is 21.1 Å². The predicted molar refractivity (Wildman–Crippen MR) is 263 cm³/mol. The lowest BCUT2D eigenvalue weighted by Gasteiger charge is -2.38. The van der Waals surface area contributed by atoms with Gasteiger partial charge in [-0.1, -0.05) is 103 Å². The van der Waals surface area contributed by atoms with Gasteiger partial charge in [-0.15, -0.1) is 11.6 Å². The number of thioether (sulfide) groups is 1. The molecule has 0 aliphatic carbocycles. The number of halogens is 1. The fraction of sp³-hybridized carbons (Fsp3) is 0.979. The lowest BCUT2D eigenvalue weighted by molar-refractivity contribution is -0.00389. The van der Waals surface area contributed by atoms with Crippen molar-refractivity contribution in [3.63, 3.8) is 0 Å². The highest BCUT2D eigenvalue weighted by molar-refractivity contribution is 7.99. The summed E-state index contributed by atoms with van der Waals surface area (Å²) in [5.74, 6) is 0.833. The van der Waals surface area contributed by atoms with Gasteiger partial charge < -0.3 is 9.47 Å². The molecule has 0 atom stereocenters. The monoisotopic (exact) mass is 863 g/mol. The average Bonchev–Trinajstić information content (AvgIpc) is 2.90. The minimum absolute atomic E-state index is 0.0278. The number of morpholine rings is 1. The molecule has 0 unspecified atom stereocenters. The molecule has 1 saturated heterocycles. The van der Waals surface area contributed by atoms with Crippen molar-refractivity contribution in [2.24, 2.45) is 22.2 Å². The Kier molecular flexibility index (Phi) is 44.2. The summed E-state index contributed by atoms with van der Waals surface area (Å²) < 4.78 is 31.4. The van der Waals surface area contributed by atoms with Gasteiger partial charge in [-0.05, 0) is 127 Å². The molecule has 6 nitrogen and oxygen atoms in total. The number of hydrogen-bond acceptors (Lipinski definition) is 7. The van der Waals surface area contributed by atoms with Gasteiger partial charge in [-0.2, -0.15) is 17.0 Å². The minimum atomic E-state index is -2.84. The molecule has 348 valence electrons. The standard InChI is InChI=1S/C8H17NO.C6H14.C5H9N.C5H12O2S.C5H12O.C5H12S.C5H12.C4H9Cl.C4H10/c1-8(2,3)9-4-6-10-7-5-9;1-5-6(2,3)4;1-5(2,3)4-6;1-5(2,3)8(4,6)7;2*1-5(2,3)6-4;1-5(2,3)4;1-4(2,3)5;1-4(2)3/h4-7H2,1-3H3;5H2,1-4H3;1-3H3;1-4H3;2*1-4H3;1-4H3;1-3H3;4H,1-3H3. The van der Waals surface area contributed by atoms with Crippen LogP contribution in [0.4, 0.5) is 0 Å². The second-order valence-corrected chi connectivity index (χ2v) is 28.9. The molecule has 0 spiro atoms. The molecule has 1 aliphatic heterocycles. The third-order valence-corrected chi connectivity index (χ3v) is 9.14. The number of nitrogens with zero attached hydrogens (tertiary/aromatic N) is 2. The summed E-state index contributed by atoms with van der Waals surface area (Å²) in [5, 5.41) is 8.15. The highest BCUT2D eigenvalue weighted by atomic mass is 35.5. The van der Waals surface area contributed by atoms with E-state index in [4.69, 9.17) is 26.3 Å². The van der Waals surface area contributed by atoms with E-state index in [9.17, 15) is 8.42 Å². The first-order chi connectivity index (χ1) is 23.8. The van der Waals surface area contributed by atoms with E-state index < -0.39 is 14.6 Å². The van der Waals surface area contributed by atoms with Crippen molar-refractivity contribution >= 4 is 33.2 Å². The fourth-order valence-corrected chi connectivity index (χ4v) is 1.23. The molecular weight excluding hydrogens is 756 g/mol. The van der Waals surface area contributed by atoms with Crippen LogP contribution in [0.15, 0.2) is 0 Å². The Morgan fingerprint density at radius 3 is 0.964 bits per heavy atom. The third-order valence-electron chi connectivity index (χ3n) is 5.69. The second kappa shape index (κ2) is 33.7. The normalized spacial score (nSPS) is 13.9. The van der Waals surface area contributed by atoms with Gasteiger partial charge in [0.1, 0.15) is 0 Å². The molecule has 1 heterocycles. The molecular formula is C47H107ClN2O4S2. The summed E-state index contributed by atoms with van der Waals surface area (Å²) in [5.41, 5.74) is 1.25. The molecule has 0 aromatic rings. The predicted octanol–water partition coefficient (Wildman–Crippen LogP) is 15.3. The first kappa shape index (κ1) is 73.5. The number of methoxy groups -OCH3 is 1. The summed E-state index contributed by atoms with van der Waals surface area (Å²) in [7, 11) is -1.13. The molecule has 0 N–H and O–H groups in total. The Labute approximate surface area is 366 Å². The summed E-state index contributed by atoms with van der Waals surface area (Å²) in [6.45, 7) is 64.1. The highest BCUT2D eigenvalue weighted by Gasteiger charge is 2.23.